The van der Waals surface area contributed by atoms with Crippen LogP contribution < -0.4 is 10.6 Å². The van der Waals surface area contributed by atoms with Crippen molar-refractivity contribution in [1.82, 2.24) is 10.6 Å². The number of hydrogen-bond acceptors (Lipinski definition) is 2. The quantitative estimate of drug-likeness (QED) is 0.657. The molecule has 2 rings (SSSR count). The van der Waals surface area contributed by atoms with Gasteiger partial charge in [-0.1, -0.05) is 12.8 Å². The van der Waals surface area contributed by atoms with Gasteiger partial charge in [0.05, 0.1) is 0 Å². The fourth-order valence-electron chi connectivity index (χ4n) is 1.92. The van der Waals surface area contributed by atoms with Crippen molar-refractivity contribution < 1.29 is 0 Å². The van der Waals surface area contributed by atoms with E-state index in [1.165, 1.54) is 51.7 Å². The lowest BCUT2D eigenvalue weighted by atomic mass is 10.1. The van der Waals surface area contributed by atoms with Crippen LogP contribution in [0.1, 0.15) is 32.1 Å². The van der Waals surface area contributed by atoms with Crippen molar-refractivity contribution in [3.05, 3.63) is 0 Å². The number of hydrogen-bond donors (Lipinski definition) is 2. The second kappa shape index (κ2) is 4.24. The molecule has 0 aromatic heterocycles. The van der Waals surface area contributed by atoms with E-state index in [9.17, 15) is 0 Å². The molecule has 0 bridgehead atoms. The molecular formula is C10H20N2. The zero-order chi connectivity index (χ0) is 8.23. The maximum atomic E-state index is 3.63. The molecule has 1 aliphatic carbocycles. The summed E-state index contributed by atoms with van der Waals surface area (Å²) in [6, 6.07) is 0.762. The highest BCUT2D eigenvalue weighted by Crippen LogP contribution is 2.31. The Hall–Kier alpha value is -0.0800. The van der Waals surface area contributed by atoms with Crippen LogP contribution in [0.4, 0.5) is 0 Å². The molecule has 0 spiro atoms. The molecule has 1 aliphatic heterocycles. The lowest BCUT2D eigenvalue weighted by molar-refractivity contribution is 0.385. The van der Waals surface area contributed by atoms with Gasteiger partial charge in [-0.15, -0.1) is 0 Å². The van der Waals surface area contributed by atoms with Gasteiger partial charge in [0, 0.05) is 12.6 Å². The van der Waals surface area contributed by atoms with Crippen LogP contribution in [-0.4, -0.2) is 25.7 Å². The van der Waals surface area contributed by atoms with Gasteiger partial charge in [0.2, 0.25) is 0 Å². The predicted octanol–water partition coefficient (Wildman–Crippen LogP) is 1.13. The zero-order valence-electron chi connectivity index (χ0n) is 7.81. The lowest BCUT2D eigenvalue weighted by Crippen LogP contribution is -2.43. The molecule has 0 aromatic carbocycles. The molecule has 2 heteroatoms. The van der Waals surface area contributed by atoms with Crippen LogP contribution in [0.15, 0.2) is 0 Å². The lowest BCUT2D eigenvalue weighted by Gasteiger charge is -2.23. The van der Waals surface area contributed by atoms with Gasteiger partial charge in [-0.3, -0.25) is 0 Å². The first-order valence-corrected chi connectivity index (χ1v) is 5.39. The Morgan fingerprint density at radius 2 is 2.17 bits per heavy atom. The van der Waals surface area contributed by atoms with Crippen LogP contribution in [0.3, 0.4) is 0 Å². The molecule has 1 saturated carbocycles. The van der Waals surface area contributed by atoms with Crippen molar-refractivity contribution in [1.29, 1.82) is 0 Å². The van der Waals surface area contributed by atoms with Gasteiger partial charge >= 0.3 is 0 Å². The maximum Gasteiger partial charge on any atom is 0.0192 e. The van der Waals surface area contributed by atoms with Gasteiger partial charge in [-0.25, -0.2) is 0 Å². The summed E-state index contributed by atoms with van der Waals surface area (Å²) in [6.45, 7) is 3.66. The van der Waals surface area contributed by atoms with E-state index in [1.54, 1.807) is 0 Å². The Kier molecular flexibility index (Phi) is 3.01. The number of rotatable bonds is 4. The largest absolute Gasteiger partial charge is 0.315 e. The summed E-state index contributed by atoms with van der Waals surface area (Å²) in [5.41, 5.74) is 0. The van der Waals surface area contributed by atoms with Crippen LogP contribution in [-0.2, 0) is 0 Å². The Bertz CT molecular complexity index is 126. The van der Waals surface area contributed by atoms with E-state index in [1.807, 2.05) is 0 Å². The van der Waals surface area contributed by atoms with Crippen molar-refractivity contribution in [3.8, 4) is 0 Å². The van der Waals surface area contributed by atoms with E-state index in [2.05, 4.69) is 10.6 Å². The van der Waals surface area contributed by atoms with Crippen molar-refractivity contribution in [2.45, 2.75) is 38.1 Å². The smallest absolute Gasteiger partial charge is 0.0192 e. The normalized spacial score (nSPS) is 30.5. The minimum Gasteiger partial charge on any atom is -0.315 e. The molecule has 1 unspecified atom stereocenters. The van der Waals surface area contributed by atoms with Gasteiger partial charge < -0.3 is 10.6 Å². The molecule has 0 amide bonds. The first-order chi connectivity index (χ1) is 5.95. The average Bonchev–Trinajstić information content (AvgIpc) is 2.90. The van der Waals surface area contributed by atoms with Crippen molar-refractivity contribution >= 4 is 0 Å². The molecule has 1 atom stereocenters. The van der Waals surface area contributed by atoms with Crippen molar-refractivity contribution in [2.75, 3.05) is 19.6 Å². The first kappa shape index (κ1) is 8.52. The van der Waals surface area contributed by atoms with Crippen LogP contribution in [0.5, 0.6) is 0 Å². The minimum absolute atomic E-state index is 0.762. The van der Waals surface area contributed by atoms with Gasteiger partial charge in [0.25, 0.3) is 0 Å². The monoisotopic (exact) mass is 168 g/mol. The zero-order valence-corrected chi connectivity index (χ0v) is 7.81. The molecule has 1 saturated heterocycles. The summed E-state index contributed by atoms with van der Waals surface area (Å²) in [5.74, 6) is 1.08. The van der Waals surface area contributed by atoms with E-state index in [0.717, 1.165) is 12.0 Å². The molecule has 2 nitrogen and oxygen atoms in total. The Morgan fingerprint density at radius 1 is 1.25 bits per heavy atom. The summed E-state index contributed by atoms with van der Waals surface area (Å²) in [4.78, 5) is 0. The molecule has 2 fully saturated rings. The van der Waals surface area contributed by atoms with Gasteiger partial charge in [0.1, 0.15) is 0 Å². The summed E-state index contributed by atoms with van der Waals surface area (Å²) >= 11 is 0. The SMILES string of the molecule is C1CNCC(NCCC2CC2)C1. The highest BCUT2D eigenvalue weighted by Gasteiger charge is 2.21. The molecule has 70 valence electrons. The third-order valence-corrected chi connectivity index (χ3v) is 2.98. The van der Waals surface area contributed by atoms with E-state index in [-0.39, 0.29) is 0 Å². The van der Waals surface area contributed by atoms with E-state index < -0.39 is 0 Å². The second-order valence-electron chi connectivity index (χ2n) is 4.23. The topological polar surface area (TPSA) is 24.1 Å². The number of nitrogens with one attached hydrogen (secondary N) is 2. The third kappa shape index (κ3) is 2.76. The van der Waals surface area contributed by atoms with E-state index in [4.69, 9.17) is 0 Å². The number of piperidine rings is 1. The predicted molar refractivity (Wildman–Crippen MR) is 51.2 cm³/mol. The standard InChI is InChI=1S/C10H20N2/c1-2-10(8-11-6-1)12-7-5-9-3-4-9/h9-12H,1-8H2. The van der Waals surface area contributed by atoms with Crippen LogP contribution in [0, 0.1) is 5.92 Å². The fourth-order valence-corrected chi connectivity index (χ4v) is 1.92. The summed E-state index contributed by atoms with van der Waals surface area (Å²) in [6.07, 6.45) is 7.12. The molecular weight excluding hydrogens is 148 g/mol. The minimum atomic E-state index is 0.762. The summed E-state index contributed by atoms with van der Waals surface area (Å²) in [5, 5.41) is 7.06. The molecule has 1 heterocycles. The summed E-state index contributed by atoms with van der Waals surface area (Å²) in [7, 11) is 0. The average molecular weight is 168 g/mol. The van der Waals surface area contributed by atoms with Crippen LogP contribution in [0.25, 0.3) is 0 Å². The Morgan fingerprint density at radius 3 is 2.83 bits per heavy atom. The first-order valence-electron chi connectivity index (χ1n) is 5.39. The highest BCUT2D eigenvalue weighted by molar-refractivity contribution is 4.78. The molecule has 0 aromatic rings. The van der Waals surface area contributed by atoms with E-state index in [0.29, 0.717) is 0 Å². The molecule has 2 aliphatic rings. The molecule has 2 N–H and O–H groups in total. The van der Waals surface area contributed by atoms with Crippen molar-refractivity contribution in [3.63, 3.8) is 0 Å². The van der Waals surface area contributed by atoms with Crippen LogP contribution >= 0.6 is 0 Å². The maximum absolute atomic E-state index is 3.63. The van der Waals surface area contributed by atoms with Gasteiger partial charge in [-0.05, 0) is 38.3 Å². The van der Waals surface area contributed by atoms with Crippen molar-refractivity contribution in [2.24, 2.45) is 5.92 Å². The molecule has 0 radical (unpaired) electrons. The highest BCUT2D eigenvalue weighted by atomic mass is 15.0. The van der Waals surface area contributed by atoms with E-state index >= 15 is 0 Å². The third-order valence-electron chi connectivity index (χ3n) is 2.98. The summed E-state index contributed by atoms with van der Waals surface area (Å²) < 4.78 is 0. The fraction of sp³-hybridized carbons (Fsp3) is 1.00. The molecule has 12 heavy (non-hydrogen) atoms. The Labute approximate surface area is 75.1 Å². The Balaban J connectivity index is 1.52. The van der Waals surface area contributed by atoms with Gasteiger partial charge in [-0.2, -0.15) is 0 Å². The van der Waals surface area contributed by atoms with Crippen LogP contribution in [0.2, 0.25) is 0 Å². The second-order valence-corrected chi connectivity index (χ2v) is 4.23. The van der Waals surface area contributed by atoms with Gasteiger partial charge in [0.15, 0.2) is 0 Å².